The van der Waals surface area contributed by atoms with Crippen LogP contribution in [0.1, 0.15) is 17.0 Å². The molecule has 3 aromatic rings. The van der Waals surface area contributed by atoms with Gasteiger partial charge >= 0.3 is 0 Å². The Hall–Kier alpha value is -2.94. The second-order valence-corrected chi connectivity index (χ2v) is 6.56. The van der Waals surface area contributed by atoms with E-state index in [4.69, 9.17) is 33.7 Å². The van der Waals surface area contributed by atoms with Crippen molar-refractivity contribution in [2.75, 3.05) is 0 Å². The zero-order valence-electron chi connectivity index (χ0n) is 13.3. The van der Waals surface area contributed by atoms with E-state index in [1.165, 1.54) is 0 Å². The predicted molar refractivity (Wildman–Crippen MR) is 99.8 cm³/mol. The van der Waals surface area contributed by atoms with Crippen molar-refractivity contribution in [2.45, 2.75) is 5.92 Å². The van der Waals surface area contributed by atoms with E-state index in [1.54, 1.807) is 18.2 Å². The first kappa shape index (κ1) is 16.5. The third-order valence-electron chi connectivity index (χ3n) is 4.29. The molecule has 1 aromatic heterocycles. The Morgan fingerprint density at radius 2 is 1.73 bits per heavy atom. The van der Waals surface area contributed by atoms with E-state index in [9.17, 15) is 5.26 Å². The average Bonchev–Trinajstić information content (AvgIpc) is 3.05. The van der Waals surface area contributed by atoms with Crippen LogP contribution in [0.4, 0.5) is 0 Å². The summed E-state index contributed by atoms with van der Waals surface area (Å²) < 4.78 is 5.58. The van der Waals surface area contributed by atoms with Crippen molar-refractivity contribution in [3.05, 3.63) is 81.2 Å². The molecule has 1 aliphatic rings. The Morgan fingerprint density at radius 3 is 2.38 bits per heavy atom. The molecule has 2 heterocycles. The van der Waals surface area contributed by atoms with Crippen molar-refractivity contribution < 1.29 is 4.74 Å². The fourth-order valence-electron chi connectivity index (χ4n) is 3.15. The van der Waals surface area contributed by atoms with Gasteiger partial charge in [0.2, 0.25) is 11.8 Å². The largest absolute Gasteiger partial charge is 0.420 e. The number of rotatable bonds is 2. The minimum Gasteiger partial charge on any atom is -0.420 e. The van der Waals surface area contributed by atoms with E-state index >= 15 is 0 Å². The smallest absolute Gasteiger partial charge is 0.244 e. The van der Waals surface area contributed by atoms with Crippen LogP contribution in [-0.2, 0) is 0 Å². The molecule has 0 saturated carbocycles. The molecule has 0 bridgehead atoms. The highest BCUT2D eigenvalue weighted by atomic mass is 35.5. The van der Waals surface area contributed by atoms with Gasteiger partial charge in [0.1, 0.15) is 11.6 Å². The van der Waals surface area contributed by atoms with Crippen LogP contribution in [0.2, 0.25) is 10.0 Å². The summed E-state index contributed by atoms with van der Waals surface area (Å²) >= 11 is 12.9. The van der Waals surface area contributed by atoms with E-state index in [2.05, 4.69) is 16.3 Å². The van der Waals surface area contributed by atoms with E-state index < -0.39 is 5.92 Å². The number of benzene rings is 2. The highest BCUT2D eigenvalue weighted by Crippen LogP contribution is 2.48. The third-order valence-corrected chi connectivity index (χ3v) is 4.95. The van der Waals surface area contributed by atoms with Crippen molar-refractivity contribution in [1.82, 2.24) is 10.2 Å². The summed E-state index contributed by atoms with van der Waals surface area (Å²) in [7, 11) is 0. The molecule has 7 heteroatoms. The number of aromatic nitrogens is 2. The van der Waals surface area contributed by atoms with Crippen molar-refractivity contribution in [3.8, 4) is 23.2 Å². The van der Waals surface area contributed by atoms with Gasteiger partial charge in [-0.15, -0.1) is 5.10 Å². The fraction of sp³-hybridized carbons (Fsp3) is 0.0526. The maximum absolute atomic E-state index is 9.71. The number of halogens is 2. The molecule has 0 amide bonds. The van der Waals surface area contributed by atoms with Crippen LogP contribution in [0.3, 0.4) is 0 Å². The summed E-state index contributed by atoms with van der Waals surface area (Å²) in [5.41, 5.74) is 9.11. The highest BCUT2D eigenvalue weighted by molar-refractivity contribution is 6.36. The Balaban J connectivity index is 2.02. The Morgan fingerprint density at radius 1 is 1.04 bits per heavy atom. The zero-order chi connectivity index (χ0) is 18.3. The molecule has 0 spiro atoms. The minimum atomic E-state index is -0.584. The molecule has 0 aliphatic carbocycles. The molecule has 0 fully saturated rings. The number of hydrogen-bond acceptors (Lipinski definition) is 4. The zero-order valence-corrected chi connectivity index (χ0v) is 14.8. The summed E-state index contributed by atoms with van der Waals surface area (Å²) in [6.07, 6.45) is 0. The summed E-state index contributed by atoms with van der Waals surface area (Å²) in [6, 6.07) is 17.0. The first-order valence-corrected chi connectivity index (χ1v) is 8.52. The number of nitrogens with one attached hydrogen (secondary N) is 1. The molecule has 1 aliphatic heterocycles. The molecule has 5 nitrogen and oxygen atoms in total. The summed E-state index contributed by atoms with van der Waals surface area (Å²) in [4.78, 5) is 0. The lowest BCUT2D eigenvalue weighted by molar-refractivity contribution is 0.379. The second-order valence-electron chi connectivity index (χ2n) is 5.74. The van der Waals surface area contributed by atoms with E-state index in [-0.39, 0.29) is 11.5 Å². The molecule has 26 heavy (non-hydrogen) atoms. The van der Waals surface area contributed by atoms with Gasteiger partial charge in [-0.25, -0.2) is 0 Å². The summed E-state index contributed by atoms with van der Waals surface area (Å²) in [6.45, 7) is 0. The predicted octanol–water partition coefficient (Wildman–Crippen LogP) is 4.60. The molecule has 1 atom stereocenters. The van der Waals surface area contributed by atoms with Crippen molar-refractivity contribution in [2.24, 2.45) is 5.73 Å². The number of allylic oxidation sites excluding steroid dienone is 1. The number of ether oxygens (including phenoxy) is 1. The van der Waals surface area contributed by atoms with Gasteiger partial charge in [-0.2, -0.15) is 5.26 Å². The van der Waals surface area contributed by atoms with Gasteiger partial charge in [-0.05, 0) is 17.7 Å². The lowest BCUT2D eigenvalue weighted by Gasteiger charge is -2.25. The number of nitriles is 1. The molecule has 128 valence electrons. The lowest BCUT2D eigenvalue weighted by Crippen LogP contribution is -2.21. The number of fused-ring (bicyclic) bond motifs is 1. The van der Waals surface area contributed by atoms with Gasteiger partial charge in [0.25, 0.3) is 0 Å². The highest BCUT2D eigenvalue weighted by Gasteiger charge is 2.37. The molecular weight excluding hydrogens is 371 g/mol. The lowest BCUT2D eigenvalue weighted by atomic mass is 9.83. The van der Waals surface area contributed by atoms with Crippen LogP contribution in [0.25, 0.3) is 11.3 Å². The molecule has 2 aromatic carbocycles. The molecule has 0 radical (unpaired) electrons. The van der Waals surface area contributed by atoms with Crippen LogP contribution >= 0.6 is 23.2 Å². The van der Waals surface area contributed by atoms with Crippen molar-refractivity contribution in [3.63, 3.8) is 0 Å². The standard InChI is InChI=1S/C19H12Cl2N4O/c20-12-7-4-8-13(21)15(12)14-11(9-22)18(23)26-19-16(14)17(24-25-19)10-5-2-1-3-6-10/h1-8,14H,23H2,(H,24,25). The third kappa shape index (κ3) is 2.51. The first-order valence-electron chi connectivity index (χ1n) is 7.77. The first-order chi connectivity index (χ1) is 12.6. The van der Waals surface area contributed by atoms with Gasteiger partial charge in [0.05, 0.1) is 17.2 Å². The number of nitrogens with zero attached hydrogens (tertiary/aromatic N) is 2. The van der Waals surface area contributed by atoms with Gasteiger partial charge in [0.15, 0.2) is 0 Å². The quantitative estimate of drug-likeness (QED) is 0.677. The number of H-pyrrole nitrogens is 1. The van der Waals surface area contributed by atoms with Crippen molar-refractivity contribution >= 4 is 23.2 Å². The van der Waals surface area contributed by atoms with E-state index in [1.807, 2.05) is 30.3 Å². The van der Waals surface area contributed by atoms with Crippen molar-refractivity contribution in [1.29, 1.82) is 5.26 Å². The Bertz CT molecular complexity index is 1050. The normalized spacial score (nSPS) is 16.0. The summed E-state index contributed by atoms with van der Waals surface area (Å²) in [5.74, 6) is -0.285. The fourth-order valence-corrected chi connectivity index (χ4v) is 3.76. The monoisotopic (exact) mass is 382 g/mol. The van der Waals surface area contributed by atoms with Crippen LogP contribution in [-0.4, -0.2) is 10.2 Å². The van der Waals surface area contributed by atoms with Crippen LogP contribution < -0.4 is 10.5 Å². The maximum Gasteiger partial charge on any atom is 0.244 e. The van der Waals surface area contributed by atoms with Gasteiger partial charge < -0.3 is 10.5 Å². The molecule has 4 rings (SSSR count). The summed E-state index contributed by atoms with van der Waals surface area (Å²) in [5, 5.41) is 17.8. The number of hydrogen-bond donors (Lipinski definition) is 2. The maximum atomic E-state index is 9.71. The number of nitrogens with two attached hydrogens (primary N) is 1. The van der Waals surface area contributed by atoms with Crippen LogP contribution in [0.15, 0.2) is 60.0 Å². The molecule has 0 saturated heterocycles. The molecule has 1 unspecified atom stereocenters. The molecular formula is C19H12Cl2N4O. The number of aromatic amines is 1. The van der Waals surface area contributed by atoms with Crippen LogP contribution in [0, 0.1) is 11.3 Å². The SMILES string of the molecule is N#CC1=C(N)Oc2n[nH]c(-c3ccccc3)c2C1c1c(Cl)cccc1Cl. The second kappa shape index (κ2) is 6.41. The minimum absolute atomic E-state index is 0.00732. The Kier molecular flexibility index (Phi) is 4.08. The van der Waals surface area contributed by atoms with E-state index in [0.29, 0.717) is 27.1 Å². The molecule has 3 N–H and O–H groups in total. The van der Waals surface area contributed by atoms with Gasteiger partial charge in [-0.1, -0.05) is 59.6 Å². The average molecular weight is 383 g/mol. The van der Waals surface area contributed by atoms with Gasteiger partial charge in [-0.3, -0.25) is 5.10 Å². The van der Waals surface area contributed by atoms with E-state index in [0.717, 1.165) is 11.3 Å². The van der Waals surface area contributed by atoms with Gasteiger partial charge in [0, 0.05) is 15.6 Å². The van der Waals surface area contributed by atoms with Crippen LogP contribution in [0.5, 0.6) is 5.88 Å². The topological polar surface area (TPSA) is 87.7 Å². The Labute approximate surface area is 159 Å².